The number of alkyl halides is 3. The zero-order valence-electron chi connectivity index (χ0n) is 14.7. The highest BCUT2D eigenvalue weighted by Crippen LogP contribution is 2.39. The van der Waals surface area contributed by atoms with E-state index in [1.165, 1.54) is 19.1 Å². The molecule has 1 heterocycles. The topological polar surface area (TPSA) is 48.7 Å². The van der Waals surface area contributed by atoms with Crippen molar-refractivity contribution in [1.29, 1.82) is 0 Å². The van der Waals surface area contributed by atoms with E-state index in [-0.39, 0.29) is 22.8 Å². The quantitative estimate of drug-likeness (QED) is 0.211. The van der Waals surface area contributed by atoms with Crippen LogP contribution in [-0.2, 0) is 9.53 Å². The van der Waals surface area contributed by atoms with Crippen LogP contribution >= 0.6 is 11.8 Å². The number of carbonyl (C=O) groups is 1. The molecular formula is C20H15F3O4S. The summed E-state index contributed by atoms with van der Waals surface area (Å²) in [6, 6.07) is 13.1. The number of furan rings is 1. The fourth-order valence-corrected chi connectivity index (χ4v) is 3.05. The summed E-state index contributed by atoms with van der Waals surface area (Å²) in [5.41, 5.74) is 0.958. The maximum Gasteiger partial charge on any atom is 0.573 e. The molecule has 0 aliphatic carbocycles. The van der Waals surface area contributed by atoms with Gasteiger partial charge >= 0.3 is 12.3 Å². The summed E-state index contributed by atoms with van der Waals surface area (Å²) >= 11 is 1.05. The minimum atomic E-state index is -4.86. The van der Waals surface area contributed by atoms with Gasteiger partial charge in [0.05, 0.1) is 5.56 Å². The number of benzene rings is 2. The summed E-state index contributed by atoms with van der Waals surface area (Å²) in [6.07, 6.45) is -4.86. The number of carbonyl (C=O) groups excluding carboxylic acids is 1. The van der Waals surface area contributed by atoms with Crippen molar-refractivity contribution in [2.24, 2.45) is 0 Å². The van der Waals surface area contributed by atoms with Crippen molar-refractivity contribution >= 4 is 28.7 Å². The minimum absolute atomic E-state index is 0.0683. The van der Waals surface area contributed by atoms with Crippen LogP contribution in [0.1, 0.15) is 6.92 Å². The van der Waals surface area contributed by atoms with Gasteiger partial charge in [0, 0.05) is 15.9 Å². The zero-order valence-corrected chi connectivity index (χ0v) is 15.5. The standard InChI is InChI=1S/C20H15F3O4S/c1-12(2)19(24)25-11-28-14-7-8-15(18(10-14)27-20(21,22)23)17-9-13-5-3-4-6-16(13)26-17/h3-10H,1,11H2,2H3. The second-order valence-corrected chi connectivity index (χ2v) is 6.82. The molecule has 0 unspecified atom stereocenters. The van der Waals surface area contributed by atoms with Gasteiger partial charge in [-0.05, 0) is 37.3 Å². The summed E-state index contributed by atoms with van der Waals surface area (Å²) in [4.78, 5) is 11.8. The molecule has 1 aromatic heterocycles. The van der Waals surface area contributed by atoms with Crippen LogP contribution in [0.4, 0.5) is 13.2 Å². The van der Waals surface area contributed by atoms with Crippen molar-refractivity contribution in [2.45, 2.75) is 18.2 Å². The second-order valence-electron chi connectivity index (χ2n) is 5.83. The Bertz CT molecular complexity index is 991. The summed E-state index contributed by atoms with van der Waals surface area (Å²) in [7, 11) is 0. The van der Waals surface area contributed by atoms with Crippen LogP contribution in [0.15, 0.2) is 70.0 Å². The van der Waals surface area contributed by atoms with Crippen molar-refractivity contribution in [3.63, 3.8) is 0 Å². The molecule has 0 saturated heterocycles. The molecule has 2 aromatic carbocycles. The lowest BCUT2D eigenvalue weighted by molar-refractivity contribution is -0.274. The Kier molecular flexibility index (Phi) is 5.69. The van der Waals surface area contributed by atoms with Gasteiger partial charge in [-0.2, -0.15) is 0 Å². The van der Waals surface area contributed by atoms with E-state index >= 15 is 0 Å². The Morgan fingerprint density at radius 3 is 2.61 bits per heavy atom. The first-order valence-corrected chi connectivity index (χ1v) is 9.06. The van der Waals surface area contributed by atoms with Crippen LogP contribution < -0.4 is 4.74 Å². The Balaban J connectivity index is 1.89. The number of para-hydroxylation sites is 1. The van der Waals surface area contributed by atoms with Gasteiger partial charge in [-0.15, -0.1) is 13.2 Å². The molecule has 0 atom stereocenters. The number of hydrogen-bond acceptors (Lipinski definition) is 5. The normalized spacial score (nSPS) is 11.4. The van der Waals surface area contributed by atoms with Crippen LogP contribution in [0.3, 0.4) is 0 Å². The van der Waals surface area contributed by atoms with Gasteiger partial charge in [0.1, 0.15) is 23.0 Å². The highest BCUT2D eigenvalue weighted by Gasteiger charge is 2.33. The highest BCUT2D eigenvalue weighted by molar-refractivity contribution is 7.99. The van der Waals surface area contributed by atoms with Gasteiger partial charge in [0.2, 0.25) is 0 Å². The van der Waals surface area contributed by atoms with Crippen molar-refractivity contribution in [3.05, 3.63) is 60.7 Å². The molecule has 0 fully saturated rings. The van der Waals surface area contributed by atoms with Crippen molar-refractivity contribution in [1.82, 2.24) is 0 Å². The molecule has 0 amide bonds. The van der Waals surface area contributed by atoms with Crippen LogP contribution in [-0.4, -0.2) is 18.3 Å². The number of halogens is 3. The van der Waals surface area contributed by atoms with Gasteiger partial charge in [0.25, 0.3) is 0 Å². The summed E-state index contributed by atoms with van der Waals surface area (Å²) in [5.74, 6) is -0.784. The summed E-state index contributed by atoms with van der Waals surface area (Å²) in [5, 5.41) is 0.764. The van der Waals surface area contributed by atoms with E-state index < -0.39 is 18.1 Å². The average Bonchev–Trinajstić information content (AvgIpc) is 3.04. The molecule has 0 radical (unpaired) electrons. The summed E-state index contributed by atoms with van der Waals surface area (Å²) < 4.78 is 53.4. The van der Waals surface area contributed by atoms with E-state index in [0.717, 1.165) is 17.1 Å². The maximum atomic E-state index is 12.9. The first-order chi connectivity index (χ1) is 13.2. The van der Waals surface area contributed by atoms with Gasteiger partial charge in [0.15, 0.2) is 0 Å². The van der Waals surface area contributed by atoms with E-state index in [0.29, 0.717) is 10.5 Å². The fourth-order valence-electron chi connectivity index (χ4n) is 2.39. The molecule has 8 heteroatoms. The molecule has 146 valence electrons. The first kappa shape index (κ1) is 19.9. The molecule has 0 bridgehead atoms. The molecular weight excluding hydrogens is 393 g/mol. The van der Waals surface area contributed by atoms with Gasteiger partial charge in [-0.25, -0.2) is 4.79 Å². The number of hydrogen-bond donors (Lipinski definition) is 0. The second kappa shape index (κ2) is 8.02. The van der Waals surface area contributed by atoms with Crippen LogP contribution in [0.5, 0.6) is 5.75 Å². The molecule has 3 aromatic rings. The van der Waals surface area contributed by atoms with E-state index in [1.807, 2.05) is 0 Å². The molecule has 28 heavy (non-hydrogen) atoms. The third-order valence-corrected chi connectivity index (χ3v) is 4.46. The van der Waals surface area contributed by atoms with Gasteiger partial charge < -0.3 is 13.9 Å². The van der Waals surface area contributed by atoms with Crippen molar-refractivity contribution in [3.8, 4) is 17.1 Å². The van der Waals surface area contributed by atoms with E-state index in [9.17, 15) is 18.0 Å². The van der Waals surface area contributed by atoms with E-state index in [2.05, 4.69) is 11.3 Å². The van der Waals surface area contributed by atoms with Gasteiger partial charge in [-0.1, -0.05) is 36.5 Å². The fraction of sp³-hybridized carbons (Fsp3) is 0.150. The van der Waals surface area contributed by atoms with E-state index in [1.54, 1.807) is 36.4 Å². The van der Waals surface area contributed by atoms with Crippen LogP contribution in [0.2, 0.25) is 0 Å². The Labute approximate surface area is 162 Å². The van der Waals surface area contributed by atoms with E-state index in [4.69, 9.17) is 9.15 Å². The molecule has 0 N–H and O–H groups in total. The van der Waals surface area contributed by atoms with Crippen molar-refractivity contribution in [2.75, 3.05) is 5.94 Å². The minimum Gasteiger partial charge on any atom is -0.456 e. The molecule has 0 aliphatic heterocycles. The lowest BCUT2D eigenvalue weighted by Crippen LogP contribution is -2.17. The highest BCUT2D eigenvalue weighted by atomic mass is 32.2. The predicted octanol–water partition coefficient (Wildman–Crippen LogP) is 6.17. The SMILES string of the molecule is C=C(C)C(=O)OCSc1ccc(-c2cc3ccccc3o2)c(OC(F)(F)F)c1. The third kappa shape index (κ3) is 4.89. The molecule has 4 nitrogen and oxygen atoms in total. The smallest absolute Gasteiger partial charge is 0.456 e. The number of fused-ring (bicyclic) bond motifs is 1. The summed E-state index contributed by atoms with van der Waals surface area (Å²) in [6.45, 7) is 4.96. The van der Waals surface area contributed by atoms with Gasteiger partial charge in [-0.3, -0.25) is 0 Å². The van der Waals surface area contributed by atoms with Crippen LogP contribution in [0.25, 0.3) is 22.3 Å². The first-order valence-electron chi connectivity index (χ1n) is 8.07. The Morgan fingerprint density at radius 2 is 1.93 bits per heavy atom. The molecule has 0 saturated carbocycles. The predicted molar refractivity (Wildman–Crippen MR) is 100.0 cm³/mol. The zero-order chi connectivity index (χ0) is 20.3. The maximum absolute atomic E-state index is 12.9. The largest absolute Gasteiger partial charge is 0.573 e. The number of rotatable bonds is 6. The lowest BCUT2D eigenvalue weighted by atomic mass is 10.1. The number of ether oxygens (including phenoxy) is 2. The third-order valence-electron chi connectivity index (χ3n) is 3.63. The van der Waals surface area contributed by atoms with Crippen molar-refractivity contribution < 1.29 is 31.9 Å². The molecule has 3 rings (SSSR count). The molecule has 0 spiro atoms. The van der Waals surface area contributed by atoms with Crippen LogP contribution in [0, 0.1) is 0 Å². The Morgan fingerprint density at radius 1 is 1.18 bits per heavy atom. The molecule has 0 aliphatic rings. The monoisotopic (exact) mass is 408 g/mol. The Hall–Kier alpha value is -2.87. The average molecular weight is 408 g/mol. The lowest BCUT2D eigenvalue weighted by Gasteiger charge is -2.13. The number of thioether (sulfide) groups is 1. The number of esters is 1.